The van der Waals surface area contributed by atoms with Crippen LogP contribution in [0.15, 0.2) is 66.7 Å². The lowest BCUT2D eigenvalue weighted by Crippen LogP contribution is -2.30. The van der Waals surface area contributed by atoms with Crippen molar-refractivity contribution in [1.82, 2.24) is 5.32 Å². The average molecular weight is 503 g/mol. The molecule has 0 bridgehead atoms. The number of halogens is 1. The summed E-state index contributed by atoms with van der Waals surface area (Å²) < 4.78 is 37.0. The minimum atomic E-state index is -3.53. The first-order valence-corrected chi connectivity index (χ1v) is 12.8. The normalized spacial score (nSPS) is 11.1. The topological polar surface area (TPSA) is 84.9 Å². The van der Waals surface area contributed by atoms with Gasteiger partial charge in [-0.05, 0) is 60.5 Å². The van der Waals surface area contributed by atoms with E-state index in [-0.39, 0.29) is 12.5 Å². The standard InChI is InChI=1S/C25H27ClN2O5S/c1-18-15-21(26)11-12-24(18)28(34(3,30)31)17-19-7-9-20(10-8-19)25(29)27-13-14-33-23-6-4-5-22(16-23)32-2/h4-12,15-16H,13-14,17H2,1-3H3,(H,27,29). The molecular formula is C25H27ClN2O5S. The van der Waals surface area contributed by atoms with Crippen molar-refractivity contribution in [2.24, 2.45) is 0 Å². The minimum absolute atomic E-state index is 0.136. The number of rotatable bonds is 10. The van der Waals surface area contributed by atoms with E-state index in [9.17, 15) is 13.2 Å². The molecule has 9 heteroatoms. The van der Waals surface area contributed by atoms with Crippen molar-refractivity contribution in [3.63, 3.8) is 0 Å². The van der Waals surface area contributed by atoms with Crippen molar-refractivity contribution < 1.29 is 22.7 Å². The van der Waals surface area contributed by atoms with E-state index in [1.807, 2.05) is 25.1 Å². The van der Waals surface area contributed by atoms with Crippen LogP contribution in [0.4, 0.5) is 5.69 Å². The molecule has 0 saturated heterocycles. The lowest BCUT2D eigenvalue weighted by molar-refractivity contribution is 0.0947. The molecule has 3 aromatic carbocycles. The number of carbonyl (C=O) groups is 1. The molecule has 0 heterocycles. The van der Waals surface area contributed by atoms with Crippen LogP contribution in [0.2, 0.25) is 5.02 Å². The highest BCUT2D eigenvalue weighted by Crippen LogP contribution is 2.27. The molecule has 3 aromatic rings. The molecule has 180 valence electrons. The van der Waals surface area contributed by atoms with Gasteiger partial charge in [0.15, 0.2) is 0 Å². The van der Waals surface area contributed by atoms with Crippen molar-refractivity contribution in [2.45, 2.75) is 13.5 Å². The van der Waals surface area contributed by atoms with Gasteiger partial charge in [0.25, 0.3) is 5.91 Å². The van der Waals surface area contributed by atoms with Crippen LogP contribution in [0, 0.1) is 6.92 Å². The second-order valence-corrected chi connectivity index (χ2v) is 10.0. The Morgan fingerprint density at radius 1 is 1.03 bits per heavy atom. The first-order valence-electron chi connectivity index (χ1n) is 10.6. The number of carbonyl (C=O) groups excluding carboxylic acids is 1. The van der Waals surface area contributed by atoms with E-state index in [1.54, 1.807) is 55.6 Å². The third kappa shape index (κ3) is 6.88. The highest BCUT2D eigenvalue weighted by Gasteiger charge is 2.20. The summed E-state index contributed by atoms with van der Waals surface area (Å²) in [7, 11) is -1.95. The van der Waals surface area contributed by atoms with Crippen LogP contribution >= 0.6 is 11.6 Å². The van der Waals surface area contributed by atoms with Gasteiger partial charge in [-0.3, -0.25) is 9.10 Å². The number of nitrogens with zero attached hydrogens (tertiary/aromatic N) is 1. The smallest absolute Gasteiger partial charge is 0.251 e. The molecule has 0 atom stereocenters. The van der Waals surface area contributed by atoms with Crippen molar-refractivity contribution in [3.8, 4) is 11.5 Å². The summed E-state index contributed by atoms with van der Waals surface area (Å²) in [5.74, 6) is 1.11. The molecule has 0 aliphatic carbocycles. The summed E-state index contributed by atoms with van der Waals surface area (Å²) in [4.78, 5) is 12.4. The number of hydrogen-bond donors (Lipinski definition) is 1. The van der Waals surface area contributed by atoms with E-state index in [0.29, 0.717) is 40.9 Å². The Hall–Kier alpha value is -3.23. The monoisotopic (exact) mass is 502 g/mol. The summed E-state index contributed by atoms with van der Waals surface area (Å²) in [6.07, 6.45) is 1.16. The second-order valence-electron chi connectivity index (χ2n) is 7.68. The van der Waals surface area contributed by atoms with Crippen molar-refractivity contribution in [1.29, 1.82) is 0 Å². The molecule has 0 spiro atoms. The number of ether oxygens (including phenoxy) is 2. The molecule has 0 radical (unpaired) electrons. The Morgan fingerprint density at radius 3 is 2.38 bits per heavy atom. The maximum atomic E-state index is 12.4. The number of sulfonamides is 1. The third-order valence-corrected chi connectivity index (χ3v) is 6.43. The molecule has 0 aliphatic heterocycles. The Kier molecular flexibility index (Phi) is 8.41. The fourth-order valence-corrected chi connectivity index (χ4v) is 4.51. The zero-order valence-electron chi connectivity index (χ0n) is 19.2. The van der Waals surface area contributed by atoms with Crippen LogP contribution in [0.1, 0.15) is 21.5 Å². The zero-order chi connectivity index (χ0) is 24.7. The Balaban J connectivity index is 1.59. The quantitative estimate of drug-likeness (QED) is 0.414. The molecular weight excluding hydrogens is 476 g/mol. The molecule has 0 aliphatic rings. The minimum Gasteiger partial charge on any atom is -0.497 e. The van der Waals surface area contributed by atoms with E-state index in [1.165, 1.54) is 4.31 Å². The van der Waals surface area contributed by atoms with Crippen molar-refractivity contribution >= 4 is 33.2 Å². The zero-order valence-corrected chi connectivity index (χ0v) is 20.8. The van der Waals surface area contributed by atoms with Crippen LogP contribution in [0.25, 0.3) is 0 Å². The SMILES string of the molecule is COc1cccc(OCCNC(=O)c2ccc(CN(c3ccc(Cl)cc3C)S(C)(=O)=O)cc2)c1. The highest BCUT2D eigenvalue weighted by molar-refractivity contribution is 7.92. The molecule has 34 heavy (non-hydrogen) atoms. The van der Waals surface area contributed by atoms with E-state index in [0.717, 1.165) is 17.4 Å². The number of nitrogens with one attached hydrogen (secondary N) is 1. The largest absolute Gasteiger partial charge is 0.497 e. The number of aryl methyl sites for hydroxylation is 1. The summed E-state index contributed by atoms with van der Waals surface area (Å²) in [6, 6.07) is 19.1. The van der Waals surface area contributed by atoms with Gasteiger partial charge >= 0.3 is 0 Å². The van der Waals surface area contributed by atoms with Crippen molar-refractivity contribution in [2.75, 3.05) is 30.8 Å². The fourth-order valence-electron chi connectivity index (χ4n) is 3.33. The fraction of sp³-hybridized carbons (Fsp3) is 0.240. The number of anilines is 1. The molecule has 1 amide bonds. The molecule has 0 fully saturated rings. The maximum absolute atomic E-state index is 12.4. The van der Waals surface area contributed by atoms with E-state index in [2.05, 4.69) is 5.32 Å². The van der Waals surface area contributed by atoms with E-state index < -0.39 is 10.0 Å². The summed E-state index contributed by atoms with van der Waals surface area (Å²) >= 11 is 6.01. The molecule has 0 aromatic heterocycles. The van der Waals surface area contributed by atoms with Gasteiger partial charge in [0, 0.05) is 16.7 Å². The van der Waals surface area contributed by atoms with Gasteiger partial charge < -0.3 is 14.8 Å². The average Bonchev–Trinajstić information content (AvgIpc) is 2.80. The van der Waals surface area contributed by atoms with Gasteiger partial charge in [-0.25, -0.2) is 8.42 Å². The maximum Gasteiger partial charge on any atom is 0.251 e. The Morgan fingerprint density at radius 2 is 1.74 bits per heavy atom. The third-order valence-electron chi connectivity index (χ3n) is 5.07. The number of benzene rings is 3. The van der Waals surface area contributed by atoms with E-state index >= 15 is 0 Å². The summed E-state index contributed by atoms with van der Waals surface area (Å²) in [5.41, 5.74) is 2.53. The van der Waals surface area contributed by atoms with Gasteiger partial charge in [0.1, 0.15) is 18.1 Å². The Bertz CT molecular complexity index is 1250. The predicted octanol–water partition coefficient (Wildman–Crippen LogP) is 4.43. The van der Waals surface area contributed by atoms with E-state index in [4.69, 9.17) is 21.1 Å². The van der Waals surface area contributed by atoms with Gasteiger partial charge in [0.05, 0.1) is 32.1 Å². The van der Waals surface area contributed by atoms with Gasteiger partial charge in [-0.2, -0.15) is 0 Å². The van der Waals surface area contributed by atoms with Gasteiger partial charge in [0.2, 0.25) is 10.0 Å². The summed E-state index contributed by atoms with van der Waals surface area (Å²) in [5, 5.41) is 3.35. The molecule has 3 rings (SSSR count). The van der Waals surface area contributed by atoms with Crippen LogP contribution in [0.3, 0.4) is 0 Å². The lowest BCUT2D eigenvalue weighted by Gasteiger charge is -2.24. The predicted molar refractivity (Wildman–Crippen MR) is 134 cm³/mol. The molecule has 1 N–H and O–H groups in total. The van der Waals surface area contributed by atoms with Gasteiger partial charge in [-0.15, -0.1) is 0 Å². The molecule has 7 nitrogen and oxygen atoms in total. The number of amides is 1. The first kappa shape index (κ1) is 25.4. The highest BCUT2D eigenvalue weighted by atomic mass is 35.5. The first-order chi connectivity index (χ1) is 16.2. The van der Waals surface area contributed by atoms with Crippen molar-refractivity contribution in [3.05, 3.63) is 88.4 Å². The number of hydrogen-bond acceptors (Lipinski definition) is 5. The summed E-state index contributed by atoms with van der Waals surface area (Å²) in [6.45, 7) is 2.58. The van der Waals surface area contributed by atoms with Crippen LogP contribution in [-0.2, 0) is 16.6 Å². The van der Waals surface area contributed by atoms with Crippen LogP contribution in [-0.4, -0.2) is 40.8 Å². The van der Waals surface area contributed by atoms with Crippen LogP contribution in [0.5, 0.6) is 11.5 Å². The Labute approximate surface area is 205 Å². The molecule has 0 unspecified atom stereocenters. The second kappa shape index (κ2) is 11.3. The number of methoxy groups -OCH3 is 1. The van der Waals surface area contributed by atoms with Gasteiger partial charge in [-0.1, -0.05) is 29.8 Å². The lowest BCUT2D eigenvalue weighted by atomic mass is 10.1. The molecule has 0 saturated carbocycles. The van der Waals surface area contributed by atoms with Crippen LogP contribution < -0.4 is 19.1 Å².